The van der Waals surface area contributed by atoms with Crippen molar-refractivity contribution in [2.75, 3.05) is 5.32 Å². The molecule has 1 saturated carbocycles. The van der Waals surface area contributed by atoms with Crippen LogP contribution in [0.1, 0.15) is 47.4 Å². The smallest absolute Gasteiger partial charge is 0.417 e. The molecule has 0 saturated heterocycles. The Morgan fingerprint density at radius 2 is 2.00 bits per heavy atom. The Bertz CT molecular complexity index is 1040. The maximum Gasteiger partial charge on any atom is 0.417 e. The summed E-state index contributed by atoms with van der Waals surface area (Å²) in [5, 5.41) is 11.7. The van der Waals surface area contributed by atoms with Gasteiger partial charge in [-0.1, -0.05) is 11.6 Å². The van der Waals surface area contributed by atoms with E-state index in [9.17, 15) is 27.9 Å². The van der Waals surface area contributed by atoms with Gasteiger partial charge in [-0.25, -0.2) is 14.8 Å². The second-order valence-electron chi connectivity index (χ2n) is 7.26. The molecule has 30 heavy (non-hydrogen) atoms. The van der Waals surface area contributed by atoms with E-state index >= 15 is 0 Å². The number of hydrogen-bond donors (Lipinski definition) is 2. The Morgan fingerprint density at radius 3 is 2.60 bits per heavy atom. The minimum absolute atomic E-state index is 0.104. The number of amides is 1. The van der Waals surface area contributed by atoms with Gasteiger partial charge in [0.25, 0.3) is 0 Å². The minimum atomic E-state index is -4.56. The topological polar surface area (TPSA) is 101 Å². The average molecular weight is 442 g/mol. The predicted molar refractivity (Wildman–Crippen MR) is 98.6 cm³/mol. The lowest BCUT2D eigenvalue weighted by molar-refractivity contribution is -0.137. The van der Waals surface area contributed by atoms with Gasteiger partial charge < -0.3 is 15.2 Å². The van der Waals surface area contributed by atoms with Crippen molar-refractivity contribution in [1.82, 2.24) is 9.97 Å². The van der Waals surface area contributed by atoms with Gasteiger partial charge in [-0.2, -0.15) is 13.2 Å². The Kier molecular flexibility index (Phi) is 4.84. The van der Waals surface area contributed by atoms with Gasteiger partial charge in [0.15, 0.2) is 0 Å². The maximum absolute atomic E-state index is 12.7. The zero-order chi connectivity index (χ0) is 21.7. The van der Waals surface area contributed by atoms with Crippen LogP contribution in [0.3, 0.4) is 0 Å². The van der Waals surface area contributed by atoms with Crippen LogP contribution in [-0.4, -0.2) is 33.1 Å². The molecule has 1 fully saturated rings. The van der Waals surface area contributed by atoms with Gasteiger partial charge >= 0.3 is 12.1 Å². The number of nitrogens with one attached hydrogen (secondary N) is 1. The number of carboxylic acid groups (broad SMARTS) is 1. The Labute approximate surface area is 173 Å². The molecule has 2 aromatic heterocycles. The summed E-state index contributed by atoms with van der Waals surface area (Å²) >= 11 is 5.90. The number of nitrogens with zero attached hydrogens (tertiary/aromatic N) is 2. The number of aromatic nitrogens is 2. The Hall–Kier alpha value is -2.88. The SMILES string of the molecule is O=C(O)c1ccc2c(n1)[C@]1(CC[C@@H](Oc3ncc(C(F)(F)F)cc3Cl)CC1)C(=O)N2. The van der Waals surface area contributed by atoms with Crippen molar-refractivity contribution in [3.63, 3.8) is 0 Å². The number of fused-ring (bicyclic) bond motifs is 2. The Morgan fingerprint density at radius 1 is 1.30 bits per heavy atom. The third-order valence-electron chi connectivity index (χ3n) is 5.45. The van der Waals surface area contributed by atoms with Crippen LogP contribution in [0.25, 0.3) is 0 Å². The van der Waals surface area contributed by atoms with E-state index in [0.29, 0.717) is 43.3 Å². The molecule has 3 heterocycles. The first kappa shape index (κ1) is 20.4. The standard InChI is InChI=1S/C19H15ClF3N3O4/c20-11-7-9(19(21,22)23)8-24-15(11)30-10-3-5-18(6-4-10)14-12(26-17(18)29)1-2-13(25-14)16(27)28/h1-2,7-8,10H,3-6H2,(H,26,29)(H,27,28)/t10-,18-. The van der Waals surface area contributed by atoms with E-state index in [1.807, 2.05) is 0 Å². The van der Waals surface area contributed by atoms with E-state index in [-0.39, 0.29) is 22.5 Å². The number of alkyl halides is 3. The lowest BCUT2D eigenvalue weighted by atomic mass is 9.71. The summed E-state index contributed by atoms with van der Waals surface area (Å²) in [6.45, 7) is 0. The van der Waals surface area contributed by atoms with Crippen molar-refractivity contribution in [3.8, 4) is 5.88 Å². The van der Waals surface area contributed by atoms with E-state index < -0.39 is 29.2 Å². The molecule has 0 atom stereocenters. The molecule has 1 amide bonds. The molecule has 1 spiro atoms. The van der Waals surface area contributed by atoms with Crippen LogP contribution >= 0.6 is 11.6 Å². The number of halogens is 4. The summed E-state index contributed by atoms with van der Waals surface area (Å²) in [6, 6.07) is 3.60. The number of anilines is 1. The van der Waals surface area contributed by atoms with Crippen molar-refractivity contribution in [2.45, 2.75) is 43.4 Å². The number of carbonyl (C=O) groups is 2. The monoisotopic (exact) mass is 441 g/mol. The van der Waals surface area contributed by atoms with E-state index in [2.05, 4.69) is 15.3 Å². The predicted octanol–water partition coefficient (Wildman–Crippen LogP) is 4.06. The summed E-state index contributed by atoms with van der Waals surface area (Å²) in [6.07, 6.45) is -2.84. The maximum atomic E-state index is 12.7. The van der Waals surface area contributed by atoms with Crippen molar-refractivity contribution >= 4 is 29.2 Å². The first-order chi connectivity index (χ1) is 14.1. The van der Waals surface area contributed by atoms with Crippen LogP contribution < -0.4 is 10.1 Å². The van der Waals surface area contributed by atoms with Gasteiger partial charge in [-0.3, -0.25) is 4.79 Å². The normalized spacial score (nSPS) is 23.2. The molecule has 1 aliphatic heterocycles. The number of carbonyl (C=O) groups excluding carboxylic acids is 1. The minimum Gasteiger partial charge on any atom is -0.477 e. The van der Waals surface area contributed by atoms with E-state index in [1.165, 1.54) is 12.1 Å². The number of carboxylic acids is 1. The van der Waals surface area contributed by atoms with E-state index in [0.717, 1.165) is 6.07 Å². The van der Waals surface area contributed by atoms with Gasteiger partial charge in [0.2, 0.25) is 11.8 Å². The molecule has 2 aromatic rings. The molecular formula is C19H15ClF3N3O4. The largest absolute Gasteiger partial charge is 0.477 e. The number of aromatic carboxylic acids is 1. The molecule has 2 N–H and O–H groups in total. The van der Waals surface area contributed by atoms with Gasteiger partial charge in [-0.05, 0) is 43.9 Å². The third-order valence-corrected chi connectivity index (χ3v) is 5.72. The van der Waals surface area contributed by atoms with Crippen molar-refractivity contribution in [3.05, 3.63) is 46.4 Å². The zero-order valence-corrected chi connectivity index (χ0v) is 16.0. The fourth-order valence-corrected chi connectivity index (χ4v) is 4.10. The summed E-state index contributed by atoms with van der Waals surface area (Å²) in [4.78, 5) is 31.8. The third kappa shape index (κ3) is 3.45. The van der Waals surface area contributed by atoms with Gasteiger partial charge in [0, 0.05) is 6.20 Å². The first-order valence-corrected chi connectivity index (χ1v) is 9.43. The molecule has 4 rings (SSSR count). The van der Waals surface area contributed by atoms with Crippen LogP contribution in [0.4, 0.5) is 18.9 Å². The summed E-state index contributed by atoms with van der Waals surface area (Å²) in [7, 11) is 0. The summed E-state index contributed by atoms with van der Waals surface area (Å²) in [5.41, 5.74) is -1.20. The molecule has 11 heteroatoms. The number of hydrogen-bond acceptors (Lipinski definition) is 5. The Balaban J connectivity index is 1.51. The molecule has 0 aromatic carbocycles. The molecule has 0 unspecified atom stereocenters. The van der Waals surface area contributed by atoms with Gasteiger partial charge in [-0.15, -0.1) is 0 Å². The fourth-order valence-electron chi connectivity index (χ4n) is 3.88. The molecular weight excluding hydrogens is 427 g/mol. The summed E-state index contributed by atoms with van der Waals surface area (Å²) in [5.74, 6) is -1.54. The van der Waals surface area contributed by atoms with Gasteiger partial charge in [0.1, 0.15) is 16.8 Å². The highest BCUT2D eigenvalue weighted by molar-refractivity contribution is 6.31. The number of rotatable bonds is 3. The van der Waals surface area contributed by atoms with Crippen LogP contribution in [0, 0.1) is 0 Å². The summed E-state index contributed by atoms with van der Waals surface area (Å²) < 4.78 is 43.9. The highest BCUT2D eigenvalue weighted by Crippen LogP contribution is 2.47. The second kappa shape index (κ2) is 7.12. The van der Waals surface area contributed by atoms with Crippen LogP contribution in [0.5, 0.6) is 5.88 Å². The first-order valence-electron chi connectivity index (χ1n) is 9.06. The molecule has 158 valence electrons. The van der Waals surface area contributed by atoms with Gasteiger partial charge in [0.05, 0.1) is 22.4 Å². The van der Waals surface area contributed by atoms with Crippen LogP contribution in [-0.2, 0) is 16.4 Å². The quantitative estimate of drug-likeness (QED) is 0.745. The van der Waals surface area contributed by atoms with Crippen LogP contribution in [0.2, 0.25) is 5.02 Å². The molecule has 1 aliphatic carbocycles. The van der Waals surface area contributed by atoms with Crippen molar-refractivity contribution in [1.29, 1.82) is 0 Å². The number of pyridine rings is 2. The second-order valence-corrected chi connectivity index (χ2v) is 7.67. The van der Waals surface area contributed by atoms with E-state index in [4.69, 9.17) is 16.3 Å². The zero-order valence-electron chi connectivity index (χ0n) is 15.3. The molecule has 0 radical (unpaired) electrons. The van der Waals surface area contributed by atoms with E-state index in [1.54, 1.807) is 0 Å². The lowest BCUT2D eigenvalue weighted by Crippen LogP contribution is -2.41. The lowest BCUT2D eigenvalue weighted by Gasteiger charge is -2.34. The highest BCUT2D eigenvalue weighted by Gasteiger charge is 2.50. The molecule has 7 nitrogen and oxygen atoms in total. The van der Waals surface area contributed by atoms with Crippen molar-refractivity contribution < 1.29 is 32.6 Å². The molecule has 0 bridgehead atoms. The molecule has 2 aliphatic rings. The highest BCUT2D eigenvalue weighted by atomic mass is 35.5. The fraction of sp³-hybridized carbons (Fsp3) is 0.368. The van der Waals surface area contributed by atoms with Crippen molar-refractivity contribution in [2.24, 2.45) is 0 Å². The average Bonchev–Trinajstić information content (AvgIpc) is 2.95. The number of ether oxygens (including phenoxy) is 1. The van der Waals surface area contributed by atoms with Crippen LogP contribution in [0.15, 0.2) is 24.4 Å².